The Hall–Kier alpha value is -0.830. The molecule has 100 valence electrons. The molecule has 1 aromatic heterocycles. The van der Waals surface area contributed by atoms with E-state index in [1.54, 1.807) is 0 Å². The molecule has 2 rings (SSSR count). The molecule has 1 aromatic rings. The van der Waals surface area contributed by atoms with E-state index in [1.807, 2.05) is 6.92 Å². The van der Waals surface area contributed by atoms with Gasteiger partial charge in [-0.2, -0.15) is 4.98 Å². The molecule has 0 unspecified atom stereocenters. The SMILES string of the molecule is Cc1c(Cl)nc(C(C)C)nc1OC1CCCCC1. The Morgan fingerprint density at radius 2 is 1.83 bits per heavy atom. The van der Waals surface area contributed by atoms with E-state index < -0.39 is 0 Å². The van der Waals surface area contributed by atoms with Gasteiger partial charge in [0.25, 0.3) is 0 Å². The molecule has 1 fully saturated rings. The topological polar surface area (TPSA) is 35.0 Å². The van der Waals surface area contributed by atoms with Gasteiger partial charge in [-0.25, -0.2) is 4.98 Å². The molecule has 1 saturated carbocycles. The number of nitrogens with zero attached hydrogens (tertiary/aromatic N) is 2. The fraction of sp³-hybridized carbons (Fsp3) is 0.714. The Labute approximate surface area is 114 Å². The summed E-state index contributed by atoms with van der Waals surface area (Å²) in [7, 11) is 0. The zero-order valence-electron chi connectivity index (χ0n) is 11.4. The minimum atomic E-state index is 0.261. The number of ether oxygens (including phenoxy) is 1. The highest BCUT2D eigenvalue weighted by Crippen LogP contribution is 2.28. The Kier molecular flexibility index (Phi) is 4.44. The highest BCUT2D eigenvalue weighted by Gasteiger charge is 2.19. The van der Waals surface area contributed by atoms with Gasteiger partial charge >= 0.3 is 0 Å². The largest absolute Gasteiger partial charge is 0.474 e. The van der Waals surface area contributed by atoms with Crippen molar-refractivity contribution in [2.75, 3.05) is 0 Å². The standard InChI is InChI=1S/C14H21ClN2O/c1-9(2)13-16-12(15)10(3)14(17-13)18-11-7-5-4-6-8-11/h9,11H,4-8H2,1-3H3. The molecule has 0 saturated heterocycles. The van der Waals surface area contributed by atoms with Crippen LogP contribution < -0.4 is 4.74 Å². The lowest BCUT2D eigenvalue weighted by molar-refractivity contribution is 0.147. The third kappa shape index (κ3) is 3.14. The highest BCUT2D eigenvalue weighted by molar-refractivity contribution is 6.30. The smallest absolute Gasteiger partial charge is 0.221 e. The fourth-order valence-electron chi connectivity index (χ4n) is 2.20. The number of rotatable bonds is 3. The van der Waals surface area contributed by atoms with Crippen LogP contribution in [0, 0.1) is 6.92 Å². The van der Waals surface area contributed by atoms with E-state index in [0.717, 1.165) is 24.2 Å². The molecule has 0 atom stereocenters. The molecule has 1 heterocycles. The first-order valence-corrected chi connectivity index (χ1v) is 7.16. The summed E-state index contributed by atoms with van der Waals surface area (Å²) < 4.78 is 6.02. The lowest BCUT2D eigenvalue weighted by Gasteiger charge is -2.23. The van der Waals surface area contributed by atoms with Gasteiger partial charge in [-0.05, 0) is 32.6 Å². The van der Waals surface area contributed by atoms with Crippen molar-refractivity contribution in [2.45, 2.75) is 64.9 Å². The van der Waals surface area contributed by atoms with Crippen LogP contribution in [-0.2, 0) is 0 Å². The van der Waals surface area contributed by atoms with Gasteiger partial charge in [-0.15, -0.1) is 0 Å². The van der Waals surface area contributed by atoms with Crippen LogP contribution in [0.1, 0.15) is 63.3 Å². The molecule has 0 aromatic carbocycles. The van der Waals surface area contributed by atoms with E-state index in [9.17, 15) is 0 Å². The summed E-state index contributed by atoms with van der Waals surface area (Å²) in [6, 6.07) is 0. The molecule has 0 N–H and O–H groups in total. The zero-order chi connectivity index (χ0) is 13.1. The van der Waals surface area contributed by atoms with Crippen LogP contribution in [0.4, 0.5) is 0 Å². The first-order valence-electron chi connectivity index (χ1n) is 6.78. The van der Waals surface area contributed by atoms with Gasteiger partial charge in [-0.1, -0.05) is 31.9 Å². The predicted octanol–water partition coefficient (Wildman–Crippen LogP) is 4.27. The maximum atomic E-state index is 6.15. The second-order valence-corrected chi connectivity index (χ2v) is 5.69. The summed E-state index contributed by atoms with van der Waals surface area (Å²) in [6.07, 6.45) is 6.36. The van der Waals surface area contributed by atoms with E-state index in [4.69, 9.17) is 16.3 Å². The van der Waals surface area contributed by atoms with E-state index in [1.165, 1.54) is 19.3 Å². The van der Waals surface area contributed by atoms with Crippen molar-refractivity contribution in [3.8, 4) is 5.88 Å². The third-order valence-electron chi connectivity index (χ3n) is 3.41. The molecule has 3 nitrogen and oxygen atoms in total. The molecular formula is C14H21ClN2O. The van der Waals surface area contributed by atoms with E-state index in [0.29, 0.717) is 17.1 Å². The Bertz CT molecular complexity index is 415. The van der Waals surface area contributed by atoms with E-state index >= 15 is 0 Å². The van der Waals surface area contributed by atoms with Gasteiger partial charge in [0, 0.05) is 11.5 Å². The van der Waals surface area contributed by atoms with Crippen molar-refractivity contribution in [3.05, 3.63) is 16.5 Å². The molecule has 4 heteroatoms. The quantitative estimate of drug-likeness (QED) is 0.768. The molecule has 0 spiro atoms. The van der Waals surface area contributed by atoms with Crippen LogP contribution in [0.3, 0.4) is 0 Å². The van der Waals surface area contributed by atoms with Crippen molar-refractivity contribution < 1.29 is 4.74 Å². The summed E-state index contributed by atoms with van der Waals surface area (Å²) >= 11 is 6.15. The van der Waals surface area contributed by atoms with Crippen LogP contribution >= 0.6 is 11.6 Å². The number of aromatic nitrogens is 2. The van der Waals surface area contributed by atoms with Gasteiger partial charge in [0.2, 0.25) is 5.88 Å². The number of hydrogen-bond acceptors (Lipinski definition) is 3. The van der Waals surface area contributed by atoms with Crippen LogP contribution in [-0.4, -0.2) is 16.1 Å². The van der Waals surface area contributed by atoms with Crippen molar-refractivity contribution in [1.29, 1.82) is 0 Å². The van der Waals surface area contributed by atoms with E-state index in [2.05, 4.69) is 23.8 Å². The minimum absolute atomic E-state index is 0.261. The van der Waals surface area contributed by atoms with Crippen molar-refractivity contribution in [2.24, 2.45) is 0 Å². The van der Waals surface area contributed by atoms with Gasteiger partial charge < -0.3 is 4.74 Å². The summed E-state index contributed by atoms with van der Waals surface area (Å²) in [4.78, 5) is 8.81. The van der Waals surface area contributed by atoms with Gasteiger partial charge in [0.15, 0.2) is 0 Å². The molecule has 0 radical (unpaired) electrons. The van der Waals surface area contributed by atoms with Crippen LogP contribution in [0.2, 0.25) is 5.15 Å². The van der Waals surface area contributed by atoms with Crippen molar-refractivity contribution in [3.63, 3.8) is 0 Å². The predicted molar refractivity (Wildman–Crippen MR) is 73.4 cm³/mol. The number of hydrogen-bond donors (Lipinski definition) is 0. The van der Waals surface area contributed by atoms with Crippen molar-refractivity contribution in [1.82, 2.24) is 9.97 Å². The zero-order valence-corrected chi connectivity index (χ0v) is 12.1. The molecule has 0 aliphatic heterocycles. The fourth-order valence-corrected chi connectivity index (χ4v) is 2.37. The van der Waals surface area contributed by atoms with Gasteiger partial charge in [0.05, 0.1) is 0 Å². The monoisotopic (exact) mass is 268 g/mol. The normalized spacial score (nSPS) is 17.2. The maximum Gasteiger partial charge on any atom is 0.221 e. The second-order valence-electron chi connectivity index (χ2n) is 5.34. The lowest BCUT2D eigenvalue weighted by atomic mass is 9.98. The summed E-state index contributed by atoms with van der Waals surface area (Å²) in [5.74, 6) is 1.69. The molecule has 0 bridgehead atoms. The molecule has 18 heavy (non-hydrogen) atoms. The lowest BCUT2D eigenvalue weighted by Crippen LogP contribution is -2.21. The average molecular weight is 269 g/mol. The maximum absolute atomic E-state index is 6.15. The van der Waals surface area contributed by atoms with Crippen LogP contribution in [0.5, 0.6) is 5.88 Å². The van der Waals surface area contributed by atoms with Crippen LogP contribution in [0.25, 0.3) is 0 Å². The Morgan fingerprint density at radius 1 is 1.17 bits per heavy atom. The molecule has 1 aliphatic rings. The molecule has 1 aliphatic carbocycles. The first kappa shape index (κ1) is 13.6. The Balaban J connectivity index is 2.19. The highest BCUT2D eigenvalue weighted by atomic mass is 35.5. The van der Waals surface area contributed by atoms with Crippen molar-refractivity contribution >= 4 is 11.6 Å². The number of halogens is 1. The van der Waals surface area contributed by atoms with Crippen LogP contribution in [0.15, 0.2) is 0 Å². The average Bonchev–Trinajstić information content (AvgIpc) is 2.35. The second kappa shape index (κ2) is 5.87. The van der Waals surface area contributed by atoms with Gasteiger partial charge in [0.1, 0.15) is 17.1 Å². The first-order chi connectivity index (χ1) is 8.58. The summed E-state index contributed by atoms with van der Waals surface area (Å²) in [6.45, 7) is 6.04. The molecule has 0 amide bonds. The summed E-state index contributed by atoms with van der Waals surface area (Å²) in [5, 5.41) is 0.513. The third-order valence-corrected chi connectivity index (χ3v) is 3.77. The minimum Gasteiger partial charge on any atom is -0.474 e. The molecular weight excluding hydrogens is 248 g/mol. The Morgan fingerprint density at radius 3 is 2.44 bits per heavy atom. The van der Waals surface area contributed by atoms with E-state index in [-0.39, 0.29) is 5.92 Å². The van der Waals surface area contributed by atoms with Gasteiger partial charge in [-0.3, -0.25) is 0 Å². The summed E-state index contributed by atoms with van der Waals surface area (Å²) in [5.41, 5.74) is 0.853.